The van der Waals surface area contributed by atoms with Crippen LogP contribution in [0.5, 0.6) is 0 Å². The van der Waals surface area contributed by atoms with Crippen LogP contribution in [0.4, 0.5) is 5.82 Å². The summed E-state index contributed by atoms with van der Waals surface area (Å²) in [5.41, 5.74) is 1.12. The van der Waals surface area contributed by atoms with E-state index in [2.05, 4.69) is 50.6 Å². The van der Waals surface area contributed by atoms with E-state index in [-0.39, 0.29) is 30.1 Å². The number of aliphatic imine (C=N–C) groups is 1. The molecule has 1 saturated heterocycles. The molecular formula is C23H30IN5O2S. The maximum atomic E-state index is 10.6. The zero-order valence-electron chi connectivity index (χ0n) is 18.3. The monoisotopic (exact) mass is 567 g/mol. The van der Waals surface area contributed by atoms with E-state index < -0.39 is 6.10 Å². The number of guanidine groups is 1. The van der Waals surface area contributed by atoms with E-state index in [9.17, 15) is 5.11 Å². The topological polar surface area (TPSA) is 82.0 Å². The maximum Gasteiger partial charge on any atom is 0.191 e. The molecule has 1 aromatic carbocycles. The highest BCUT2D eigenvalue weighted by Gasteiger charge is 2.18. The Morgan fingerprint density at radius 3 is 2.94 bits per heavy atom. The van der Waals surface area contributed by atoms with Gasteiger partial charge >= 0.3 is 0 Å². The van der Waals surface area contributed by atoms with Crippen LogP contribution in [0, 0.1) is 0 Å². The molecule has 1 aliphatic rings. The molecule has 3 N–H and O–H groups in total. The summed E-state index contributed by atoms with van der Waals surface area (Å²) in [6, 6.07) is 14.3. The van der Waals surface area contributed by atoms with Crippen LogP contribution < -0.4 is 15.5 Å². The zero-order chi connectivity index (χ0) is 21.6. The van der Waals surface area contributed by atoms with Gasteiger partial charge in [-0.15, -0.1) is 35.3 Å². The Morgan fingerprint density at radius 1 is 1.31 bits per heavy atom. The molecule has 3 aromatic rings. The van der Waals surface area contributed by atoms with Gasteiger partial charge in [-0.2, -0.15) is 0 Å². The van der Waals surface area contributed by atoms with E-state index >= 15 is 0 Å². The minimum Gasteiger partial charge on any atom is -0.386 e. The first-order chi connectivity index (χ1) is 15.1. The second-order valence-electron chi connectivity index (χ2n) is 7.66. The Hall–Kier alpha value is -1.95. The lowest BCUT2D eigenvalue weighted by atomic mass is 10.2. The molecule has 0 amide bonds. The molecule has 2 unspecified atom stereocenters. The molecule has 0 saturated carbocycles. The lowest BCUT2D eigenvalue weighted by Gasteiger charge is -2.32. The molecule has 32 heavy (non-hydrogen) atoms. The van der Waals surface area contributed by atoms with Crippen LogP contribution in [-0.4, -0.2) is 55.4 Å². The SMILES string of the molecule is CN=C(NCc1ccnc(N2CCOC(C)C2)c1)NCC(O)c1cc2ccccc2s1.I. The van der Waals surface area contributed by atoms with Crippen LogP contribution in [0.3, 0.4) is 0 Å². The van der Waals surface area contributed by atoms with Crippen molar-refractivity contribution < 1.29 is 9.84 Å². The van der Waals surface area contributed by atoms with Gasteiger partial charge in [0.25, 0.3) is 0 Å². The molecule has 0 bridgehead atoms. The number of thiophene rings is 1. The molecule has 0 radical (unpaired) electrons. The van der Waals surface area contributed by atoms with Gasteiger partial charge in [0.2, 0.25) is 0 Å². The zero-order valence-corrected chi connectivity index (χ0v) is 21.5. The highest BCUT2D eigenvalue weighted by atomic mass is 127. The summed E-state index contributed by atoms with van der Waals surface area (Å²) in [5.74, 6) is 1.62. The van der Waals surface area contributed by atoms with Crippen LogP contribution in [0.1, 0.15) is 23.5 Å². The van der Waals surface area contributed by atoms with Crippen molar-refractivity contribution in [2.24, 2.45) is 4.99 Å². The number of nitrogens with one attached hydrogen (secondary N) is 2. The van der Waals surface area contributed by atoms with E-state index in [1.54, 1.807) is 18.4 Å². The van der Waals surface area contributed by atoms with Crippen LogP contribution in [0.25, 0.3) is 10.1 Å². The van der Waals surface area contributed by atoms with Gasteiger partial charge in [-0.05, 0) is 42.1 Å². The van der Waals surface area contributed by atoms with E-state index in [1.165, 1.54) is 4.70 Å². The number of hydrogen-bond donors (Lipinski definition) is 3. The van der Waals surface area contributed by atoms with Crippen LogP contribution in [0.2, 0.25) is 0 Å². The molecule has 7 nitrogen and oxygen atoms in total. The highest BCUT2D eigenvalue weighted by Crippen LogP contribution is 2.29. The number of aliphatic hydroxyl groups excluding tert-OH is 1. The van der Waals surface area contributed by atoms with Crippen LogP contribution in [-0.2, 0) is 11.3 Å². The molecular weight excluding hydrogens is 537 g/mol. The number of ether oxygens (including phenoxy) is 1. The van der Waals surface area contributed by atoms with Gasteiger partial charge in [0.05, 0.1) is 12.7 Å². The number of benzene rings is 1. The molecule has 1 aliphatic heterocycles. The summed E-state index contributed by atoms with van der Waals surface area (Å²) >= 11 is 1.62. The largest absolute Gasteiger partial charge is 0.386 e. The molecule has 2 aromatic heterocycles. The standard InChI is InChI=1S/C23H29N5O2S.HI/c1-16-15-28(9-10-30-16)22-11-17(7-8-25-22)13-26-23(24-2)27-14-19(29)21-12-18-5-3-4-6-20(18)31-21;/h3-8,11-12,16,19,29H,9-10,13-15H2,1-2H3,(H2,24,26,27);1H. The fraction of sp³-hybridized carbons (Fsp3) is 0.391. The van der Waals surface area contributed by atoms with Gasteiger partial charge in [-0.1, -0.05) is 18.2 Å². The Labute approximate surface area is 209 Å². The molecule has 1 fully saturated rings. The average Bonchev–Trinajstić information content (AvgIpc) is 3.24. The van der Waals surface area contributed by atoms with Crippen LogP contribution >= 0.6 is 35.3 Å². The van der Waals surface area contributed by atoms with Gasteiger partial charge in [0, 0.05) is 49.0 Å². The summed E-state index contributed by atoms with van der Waals surface area (Å²) in [6.45, 7) is 5.52. The minimum atomic E-state index is -0.591. The quantitative estimate of drug-likeness (QED) is 0.240. The molecule has 4 rings (SSSR count). The lowest BCUT2D eigenvalue weighted by Crippen LogP contribution is -2.41. The average molecular weight is 567 g/mol. The fourth-order valence-electron chi connectivity index (χ4n) is 3.64. The van der Waals surface area contributed by atoms with E-state index in [1.807, 2.05) is 30.5 Å². The van der Waals surface area contributed by atoms with Crippen LogP contribution in [0.15, 0.2) is 53.7 Å². The first kappa shape index (κ1) is 24.7. The number of anilines is 1. The second-order valence-corrected chi connectivity index (χ2v) is 8.77. The van der Waals surface area contributed by atoms with Gasteiger partial charge in [-0.25, -0.2) is 4.98 Å². The Bertz CT molecular complexity index is 1010. The summed E-state index contributed by atoms with van der Waals surface area (Å²) in [7, 11) is 1.73. The van der Waals surface area contributed by atoms with E-state index in [0.29, 0.717) is 19.0 Å². The van der Waals surface area contributed by atoms with Gasteiger partial charge in [0.1, 0.15) is 11.9 Å². The third-order valence-electron chi connectivity index (χ3n) is 5.29. The van der Waals surface area contributed by atoms with Crippen molar-refractivity contribution in [3.05, 3.63) is 59.1 Å². The van der Waals surface area contributed by atoms with Crippen molar-refractivity contribution in [2.75, 3.05) is 38.2 Å². The summed E-state index contributed by atoms with van der Waals surface area (Å²) in [6.07, 6.45) is 1.47. The predicted molar refractivity (Wildman–Crippen MR) is 142 cm³/mol. The number of aliphatic hydroxyl groups is 1. The molecule has 2 atom stereocenters. The van der Waals surface area contributed by atoms with Gasteiger partial charge in [0.15, 0.2) is 5.96 Å². The number of pyridine rings is 1. The number of nitrogens with zero attached hydrogens (tertiary/aromatic N) is 3. The van der Waals surface area contributed by atoms with Crippen molar-refractivity contribution in [2.45, 2.75) is 25.7 Å². The molecule has 172 valence electrons. The van der Waals surface area contributed by atoms with Gasteiger partial charge in [-0.3, -0.25) is 4.99 Å². The smallest absolute Gasteiger partial charge is 0.191 e. The third-order valence-corrected chi connectivity index (χ3v) is 6.51. The maximum absolute atomic E-state index is 10.6. The Kier molecular flexibility index (Phi) is 9.09. The lowest BCUT2D eigenvalue weighted by molar-refractivity contribution is 0.0529. The highest BCUT2D eigenvalue weighted by molar-refractivity contribution is 14.0. The minimum absolute atomic E-state index is 0. The molecule has 3 heterocycles. The first-order valence-corrected chi connectivity index (χ1v) is 11.4. The Balaban J connectivity index is 0.00000289. The number of aromatic nitrogens is 1. The van der Waals surface area contributed by atoms with Gasteiger partial charge < -0.3 is 25.4 Å². The third kappa shape index (κ3) is 6.31. The number of rotatable bonds is 6. The number of fused-ring (bicyclic) bond motifs is 1. The van der Waals surface area contributed by atoms with E-state index in [4.69, 9.17) is 4.74 Å². The summed E-state index contributed by atoms with van der Waals surface area (Å²) in [4.78, 5) is 12.0. The van der Waals surface area contributed by atoms with E-state index in [0.717, 1.165) is 41.3 Å². The number of morpholine rings is 1. The predicted octanol–water partition coefficient (Wildman–Crippen LogP) is 3.54. The molecule has 9 heteroatoms. The number of hydrogen-bond acceptors (Lipinski definition) is 6. The summed E-state index contributed by atoms with van der Waals surface area (Å²) in [5, 5.41) is 18.3. The molecule has 0 spiro atoms. The van der Waals surface area contributed by atoms with Crippen molar-refractivity contribution in [1.29, 1.82) is 0 Å². The second kappa shape index (κ2) is 11.8. The normalized spacial score (nSPS) is 17.7. The van der Waals surface area contributed by atoms with Crippen molar-refractivity contribution in [3.63, 3.8) is 0 Å². The van der Waals surface area contributed by atoms with Crippen molar-refractivity contribution in [1.82, 2.24) is 15.6 Å². The first-order valence-electron chi connectivity index (χ1n) is 10.5. The molecule has 0 aliphatic carbocycles. The fourth-order valence-corrected chi connectivity index (χ4v) is 4.69. The van der Waals surface area contributed by atoms with Crippen molar-refractivity contribution in [3.8, 4) is 0 Å². The van der Waals surface area contributed by atoms with Crippen molar-refractivity contribution >= 4 is 57.2 Å². The summed E-state index contributed by atoms with van der Waals surface area (Å²) < 4.78 is 6.81. The Morgan fingerprint density at radius 2 is 2.16 bits per heavy atom. The number of halogens is 1.